The standard InChI is InChI=1S/C22H17FN2O2/c23-16-11-9-15(10-12-16)13-24-21(26)14-27-25-22-19-7-3-1-5-17(19)18-6-2-4-8-20(18)22/h1-12H,13-14H2,(H,24,26). The van der Waals surface area contributed by atoms with E-state index in [1.54, 1.807) is 12.1 Å². The molecule has 0 aliphatic heterocycles. The van der Waals surface area contributed by atoms with E-state index in [1.165, 1.54) is 12.1 Å². The van der Waals surface area contributed by atoms with Crippen LogP contribution in [0.5, 0.6) is 0 Å². The minimum atomic E-state index is -0.304. The first-order chi connectivity index (χ1) is 13.2. The fraction of sp³-hybridized carbons (Fsp3) is 0.0909. The molecule has 0 aromatic heterocycles. The van der Waals surface area contributed by atoms with Crippen LogP contribution in [-0.4, -0.2) is 18.2 Å². The monoisotopic (exact) mass is 360 g/mol. The van der Waals surface area contributed by atoms with Gasteiger partial charge in [0.05, 0.1) is 0 Å². The van der Waals surface area contributed by atoms with Crippen molar-refractivity contribution in [1.82, 2.24) is 5.32 Å². The van der Waals surface area contributed by atoms with Crippen molar-refractivity contribution in [3.05, 3.63) is 95.3 Å². The summed E-state index contributed by atoms with van der Waals surface area (Å²) in [4.78, 5) is 17.3. The summed E-state index contributed by atoms with van der Waals surface area (Å²) >= 11 is 0. The number of carbonyl (C=O) groups is 1. The van der Waals surface area contributed by atoms with Gasteiger partial charge in [0.1, 0.15) is 11.5 Å². The Hall–Kier alpha value is -3.47. The summed E-state index contributed by atoms with van der Waals surface area (Å²) in [6.45, 7) is 0.125. The number of halogens is 1. The van der Waals surface area contributed by atoms with Crippen LogP contribution in [0.4, 0.5) is 4.39 Å². The van der Waals surface area contributed by atoms with Crippen LogP contribution in [-0.2, 0) is 16.2 Å². The number of oxime groups is 1. The van der Waals surface area contributed by atoms with Gasteiger partial charge in [-0.25, -0.2) is 4.39 Å². The minimum absolute atomic E-state index is 0.185. The number of fused-ring (bicyclic) bond motifs is 3. The third-order valence-corrected chi connectivity index (χ3v) is 4.41. The van der Waals surface area contributed by atoms with Gasteiger partial charge in [0.25, 0.3) is 5.91 Å². The SMILES string of the molecule is O=C(CON=C1c2ccccc2-c2ccccc21)NCc1ccc(F)cc1. The molecular formula is C22H17FN2O2. The highest BCUT2D eigenvalue weighted by Gasteiger charge is 2.24. The predicted octanol–water partition coefficient (Wildman–Crippen LogP) is 3.89. The van der Waals surface area contributed by atoms with E-state index < -0.39 is 0 Å². The molecule has 134 valence electrons. The van der Waals surface area contributed by atoms with E-state index in [2.05, 4.69) is 10.5 Å². The van der Waals surface area contributed by atoms with Crippen molar-refractivity contribution in [2.24, 2.45) is 5.16 Å². The molecule has 0 unspecified atom stereocenters. The highest BCUT2D eigenvalue weighted by molar-refractivity contribution is 6.24. The molecule has 3 aromatic rings. The van der Waals surface area contributed by atoms with E-state index in [4.69, 9.17) is 4.84 Å². The van der Waals surface area contributed by atoms with Gasteiger partial charge in [0.2, 0.25) is 0 Å². The molecular weight excluding hydrogens is 343 g/mol. The maximum atomic E-state index is 12.9. The number of amides is 1. The lowest BCUT2D eigenvalue weighted by atomic mass is 10.1. The number of nitrogens with zero attached hydrogens (tertiary/aromatic N) is 1. The lowest BCUT2D eigenvalue weighted by Crippen LogP contribution is -2.26. The summed E-state index contributed by atoms with van der Waals surface area (Å²) in [5.41, 5.74) is 5.74. The van der Waals surface area contributed by atoms with Gasteiger partial charge in [0, 0.05) is 17.7 Å². The van der Waals surface area contributed by atoms with Gasteiger partial charge in [-0.05, 0) is 28.8 Å². The fourth-order valence-corrected chi connectivity index (χ4v) is 3.10. The first-order valence-electron chi connectivity index (χ1n) is 8.62. The van der Waals surface area contributed by atoms with E-state index in [0.29, 0.717) is 6.54 Å². The molecule has 0 radical (unpaired) electrons. The molecule has 1 N–H and O–H groups in total. The maximum Gasteiger partial charge on any atom is 0.261 e. The molecule has 0 heterocycles. The number of benzene rings is 3. The van der Waals surface area contributed by atoms with Gasteiger partial charge in [-0.3, -0.25) is 4.79 Å². The van der Waals surface area contributed by atoms with Gasteiger partial charge >= 0.3 is 0 Å². The van der Waals surface area contributed by atoms with Crippen LogP contribution in [0.15, 0.2) is 78.0 Å². The van der Waals surface area contributed by atoms with Crippen molar-refractivity contribution in [3.8, 4) is 11.1 Å². The van der Waals surface area contributed by atoms with Crippen LogP contribution in [0.1, 0.15) is 16.7 Å². The third-order valence-electron chi connectivity index (χ3n) is 4.41. The van der Waals surface area contributed by atoms with Crippen LogP contribution in [0.25, 0.3) is 11.1 Å². The second kappa shape index (κ2) is 7.41. The summed E-state index contributed by atoms with van der Waals surface area (Å²) in [6, 6.07) is 21.9. The average Bonchev–Trinajstić information content (AvgIpc) is 3.02. The first-order valence-corrected chi connectivity index (χ1v) is 8.62. The zero-order chi connectivity index (χ0) is 18.6. The van der Waals surface area contributed by atoms with Gasteiger partial charge in [0.15, 0.2) is 6.61 Å². The van der Waals surface area contributed by atoms with Crippen LogP contribution in [0.2, 0.25) is 0 Å². The van der Waals surface area contributed by atoms with Gasteiger partial charge in [-0.2, -0.15) is 0 Å². The zero-order valence-corrected chi connectivity index (χ0v) is 14.5. The largest absolute Gasteiger partial charge is 0.385 e. The molecule has 1 aliphatic rings. The summed E-state index contributed by atoms with van der Waals surface area (Å²) in [6.07, 6.45) is 0. The number of carbonyl (C=O) groups excluding carboxylic acids is 1. The molecule has 27 heavy (non-hydrogen) atoms. The molecule has 0 fully saturated rings. The van der Waals surface area contributed by atoms with Gasteiger partial charge < -0.3 is 10.2 Å². The quantitative estimate of drug-likeness (QED) is 0.549. The Morgan fingerprint density at radius 3 is 2.00 bits per heavy atom. The van der Waals surface area contributed by atoms with Crippen molar-refractivity contribution >= 4 is 11.6 Å². The second-order valence-corrected chi connectivity index (χ2v) is 6.21. The zero-order valence-electron chi connectivity index (χ0n) is 14.5. The predicted molar refractivity (Wildman–Crippen MR) is 102 cm³/mol. The van der Waals surface area contributed by atoms with E-state index in [1.807, 2.05) is 48.5 Å². The Morgan fingerprint density at radius 1 is 0.852 bits per heavy atom. The topological polar surface area (TPSA) is 50.7 Å². The molecule has 1 amide bonds. The Morgan fingerprint density at radius 2 is 1.41 bits per heavy atom. The molecule has 3 aromatic carbocycles. The van der Waals surface area contributed by atoms with Crippen molar-refractivity contribution < 1.29 is 14.0 Å². The van der Waals surface area contributed by atoms with Crippen LogP contribution in [0.3, 0.4) is 0 Å². The summed E-state index contributed by atoms with van der Waals surface area (Å²) in [5, 5.41) is 6.95. The lowest BCUT2D eigenvalue weighted by molar-refractivity contribution is -0.125. The highest BCUT2D eigenvalue weighted by Crippen LogP contribution is 2.36. The first kappa shape index (κ1) is 17.0. The van der Waals surface area contributed by atoms with E-state index in [-0.39, 0.29) is 18.3 Å². The molecule has 4 nitrogen and oxygen atoms in total. The van der Waals surface area contributed by atoms with Crippen molar-refractivity contribution in [2.75, 3.05) is 6.61 Å². The molecule has 0 saturated carbocycles. The molecule has 0 spiro atoms. The maximum absolute atomic E-state index is 12.9. The molecule has 1 aliphatic carbocycles. The number of hydrogen-bond acceptors (Lipinski definition) is 3. The normalized spacial score (nSPS) is 11.5. The van der Waals surface area contributed by atoms with E-state index in [9.17, 15) is 9.18 Å². The van der Waals surface area contributed by atoms with Crippen LogP contribution >= 0.6 is 0 Å². The van der Waals surface area contributed by atoms with E-state index in [0.717, 1.165) is 33.5 Å². The Kier molecular flexibility index (Phi) is 4.66. The third kappa shape index (κ3) is 3.58. The number of rotatable bonds is 5. The van der Waals surface area contributed by atoms with Crippen LogP contribution < -0.4 is 5.32 Å². The average molecular weight is 360 g/mol. The Bertz CT molecular complexity index is 965. The highest BCUT2D eigenvalue weighted by atomic mass is 19.1. The summed E-state index contributed by atoms with van der Waals surface area (Å²) < 4.78 is 12.9. The Labute approximate surface area is 156 Å². The smallest absolute Gasteiger partial charge is 0.261 e. The van der Waals surface area contributed by atoms with Crippen molar-refractivity contribution in [1.29, 1.82) is 0 Å². The number of hydrogen-bond donors (Lipinski definition) is 1. The number of nitrogens with one attached hydrogen (secondary N) is 1. The molecule has 4 rings (SSSR count). The summed E-state index contributed by atoms with van der Waals surface area (Å²) in [7, 11) is 0. The van der Waals surface area contributed by atoms with Gasteiger partial charge in [-0.1, -0.05) is 65.8 Å². The molecule has 5 heteroatoms. The molecule has 0 atom stereocenters. The fourth-order valence-electron chi connectivity index (χ4n) is 3.10. The minimum Gasteiger partial charge on any atom is -0.385 e. The van der Waals surface area contributed by atoms with Gasteiger partial charge in [-0.15, -0.1) is 0 Å². The van der Waals surface area contributed by atoms with E-state index >= 15 is 0 Å². The molecule has 0 saturated heterocycles. The summed E-state index contributed by atoms with van der Waals surface area (Å²) in [5.74, 6) is -0.593. The molecule has 0 bridgehead atoms. The lowest BCUT2D eigenvalue weighted by Gasteiger charge is -2.06. The van der Waals surface area contributed by atoms with Crippen molar-refractivity contribution in [2.45, 2.75) is 6.54 Å². The van der Waals surface area contributed by atoms with Crippen molar-refractivity contribution in [3.63, 3.8) is 0 Å². The Balaban J connectivity index is 1.41. The van der Waals surface area contributed by atoms with Crippen LogP contribution in [0, 0.1) is 5.82 Å². The second-order valence-electron chi connectivity index (χ2n) is 6.21.